The van der Waals surface area contributed by atoms with Crippen molar-refractivity contribution in [1.82, 2.24) is 0 Å². The lowest BCUT2D eigenvalue weighted by Gasteiger charge is -2.08. The molecule has 26 heavy (non-hydrogen) atoms. The Labute approximate surface area is 152 Å². The molecule has 1 heterocycles. The largest absolute Gasteiger partial charge is 0.506 e. The van der Waals surface area contributed by atoms with E-state index in [1.807, 2.05) is 24.3 Å². The molecule has 2 N–H and O–H groups in total. The molecule has 1 aromatic heterocycles. The number of rotatable bonds is 6. The highest BCUT2D eigenvalue weighted by atomic mass is 16.5. The zero-order valence-electron chi connectivity index (χ0n) is 14.7. The van der Waals surface area contributed by atoms with Gasteiger partial charge in [0.25, 0.3) is 5.91 Å². The lowest BCUT2D eigenvalue weighted by atomic mass is 10.0. The van der Waals surface area contributed by atoms with Crippen molar-refractivity contribution in [1.29, 1.82) is 0 Å². The Morgan fingerprint density at radius 3 is 2.50 bits per heavy atom. The molecule has 0 spiro atoms. The summed E-state index contributed by atoms with van der Waals surface area (Å²) in [5.74, 6) is 1.48. The van der Waals surface area contributed by atoms with Crippen LogP contribution in [0.3, 0.4) is 0 Å². The summed E-state index contributed by atoms with van der Waals surface area (Å²) in [4.78, 5) is 12.2. The smallest absolute Gasteiger partial charge is 0.291 e. The summed E-state index contributed by atoms with van der Waals surface area (Å²) >= 11 is 0. The van der Waals surface area contributed by atoms with Gasteiger partial charge in [0.05, 0.1) is 5.69 Å². The number of phenolic OH excluding ortho intramolecular Hbond substituents is 1. The summed E-state index contributed by atoms with van der Waals surface area (Å²) in [6.07, 6.45) is 0. The van der Waals surface area contributed by atoms with Crippen LogP contribution in [0.15, 0.2) is 65.1 Å². The molecule has 0 aliphatic rings. The molecule has 0 saturated carbocycles. The van der Waals surface area contributed by atoms with Gasteiger partial charge in [0.15, 0.2) is 5.76 Å². The van der Waals surface area contributed by atoms with Crippen LogP contribution in [0.2, 0.25) is 0 Å². The summed E-state index contributed by atoms with van der Waals surface area (Å²) in [6.45, 7) is 4.51. The van der Waals surface area contributed by atoms with E-state index in [4.69, 9.17) is 9.15 Å². The minimum absolute atomic E-state index is 0.000748. The van der Waals surface area contributed by atoms with Crippen LogP contribution >= 0.6 is 0 Å². The summed E-state index contributed by atoms with van der Waals surface area (Å²) in [5, 5.41) is 12.3. The van der Waals surface area contributed by atoms with Crippen molar-refractivity contribution in [3.8, 4) is 11.5 Å². The number of para-hydroxylation sites is 2. The monoisotopic (exact) mass is 351 g/mol. The average Bonchev–Trinajstić information content (AvgIpc) is 3.11. The van der Waals surface area contributed by atoms with Crippen molar-refractivity contribution in [2.75, 3.05) is 5.32 Å². The molecule has 3 rings (SSSR count). The first-order chi connectivity index (χ1) is 12.5. The van der Waals surface area contributed by atoms with Crippen molar-refractivity contribution in [3.63, 3.8) is 0 Å². The molecule has 2 aromatic carbocycles. The van der Waals surface area contributed by atoms with Gasteiger partial charge < -0.3 is 19.6 Å². The number of hydrogen-bond acceptors (Lipinski definition) is 4. The first-order valence-corrected chi connectivity index (χ1v) is 8.44. The summed E-state index contributed by atoms with van der Waals surface area (Å²) < 4.78 is 11.2. The quantitative estimate of drug-likeness (QED) is 0.617. The van der Waals surface area contributed by atoms with Gasteiger partial charge in [0.2, 0.25) is 0 Å². The van der Waals surface area contributed by atoms with E-state index in [0.717, 1.165) is 5.75 Å². The van der Waals surface area contributed by atoms with Crippen molar-refractivity contribution in [3.05, 3.63) is 77.7 Å². The molecule has 0 atom stereocenters. The number of anilines is 1. The van der Waals surface area contributed by atoms with E-state index in [9.17, 15) is 9.90 Å². The minimum atomic E-state index is -0.431. The number of hydrogen-bond donors (Lipinski definition) is 2. The average molecular weight is 351 g/mol. The summed E-state index contributed by atoms with van der Waals surface area (Å²) in [6, 6.07) is 17.7. The van der Waals surface area contributed by atoms with Crippen LogP contribution in [0.4, 0.5) is 5.69 Å². The Bertz CT molecular complexity index is 881. The standard InChI is InChI=1S/C21H21NO4/c1-14(2)15-7-9-16(10-8-15)25-13-17-11-12-20(26-17)21(24)22-18-5-3-4-6-19(18)23/h3-12,14,23H,13H2,1-2H3,(H,22,24). The van der Waals surface area contributed by atoms with Crippen molar-refractivity contribution >= 4 is 11.6 Å². The van der Waals surface area contributed by atoms with Gasteiger partial charge in [-0.2, -0.15) is 0 Å². The van der Waals surface area contributed by atoms with Crippen LogP contribution in [0.1, 0.15) is 41.6 Å². The summed E-state index contributed by atoms with van der Waals surface area (Å²) in [7, 11) is 0. The second kappa shape index (κ2) is 7.78. The fraction of sp³-hybridized carbons (Fsp3) is 0.190. The van der Waals surface area contributed by atoms with Gasteiger partial charge >= 0.3 is 0 Å². The van der Waals surface area contributed by atoms with E-state index >= 15 is 0 Å². The van der Waals surface area contributed by atoms with Gasteiger partial charge in [-0.05, 0) is 47.9 Å². The predicted molar refractivity (Wildman–Crippen MR) is 99.6 cm³/mol. The third kappa shape index (κ3) is 4.25. The molecule has 3 aromatic rings. The van der Waals surface area contributed by atoms with Crippen LogP contribution in [0.5, 0.6) is 11.5 Å². The molecular weight excluding hydrogens is 330 g/mol. The fourth-order valence-electron chi connectivity index (χ4n) is 2.44. The molecule has 0 bridgehead atoms. The van der Waals surface area contributed by atoms with Gasteiger partial charge in [0, 0.05) is 0 Å². The van der Waals surface area contributed by atoms with E-state index in [-0.39, 0.29) is 18.1 Å². The van der Waals surface area contributed by atoms with Crippen LogP contribution in [0, 0.1) is 0 Å². The molecule has 0 fully saturated rings. The van der Waals surface area contributed by atoms with Crippen molar-refractivity contribution in [2.45, 2.75) is 26.4 Å². The second-order valence-electron chi connectivity index (χ2n) is 6.25. The number of benzene rings is 2. The molecule has 0 radical (unpaired) electrons. The van der Waals surface area contributed by atoms with E-state index in [2.05, 4.69) is 19.2 Å². The number of furan rings is 1. The van der Waals surface area contributed by atoms with Gasteiger partial charge in [-0.15, -0.1) is 0 Å². The zero-order chi connectivity index (χ0) is 18.5. The highest BCUT2D eigenvalue weighted by Gasteiger charge is 2.13. The van der Waals surface area contributed by atoms with E-state index in [1.54, 1.807) is 30.3 Å². The van der Waals surface area contributed by atoms with Crippen LogP contribution < -0.4 is 10.1 Å². The predicted octanol–water partition coefficient (Wildman–Crippen LogP) is 4.94. The molecule has 0 aliphatic carbocycles. The van der Waals surface area contributed by atoms with Crippen LogP contribution in [0.25, 0.3) is 0 Å². The molecule has 1 amide bonds. The highest BCUT2D eigenvalue weighted by Crippen LogP contribution is 2.23. The maximum atomic E-state index is 12.2. The maximum absolute atomic E-state index is 12.2. The number of carbonyl (C=O) groups is 1. The topological polar surface area (TPSA) is 71.7 Å². The van der Waals surface area contributed by atoms with Crippen molar-refractivity contribution in [2.24, 2.45) is 0 Å². The normalized spacial score (nSPS) is 10.7. The molecule has 5 nitrogen and oxygen atoms in total. The zero-order valence-corrected chi connectivity index (χ0v) is 14.7. The summed E-state index contributed by atoms with van der Waals surface area (Å²) in [5.41, 5.74) is 1.58. The molecule has 0 aliphatic heterocycles. The fourth-order valence-corrected chi connectivity index (χ4v) is 2.44. The third-order valence-electron chi connectivity index (χ3n) is 3.97. The Morgan fingerprint density at radius 1 is 1.08 bits per heavy atom. The minimum Gasteiger partial charge on any atom is -0.506 e. The van der Waals surface area contributed by atoms with E-state index in [1.165, 1.54) is 11.6 Å². The number of ether oxygens (including phenoxy) is 1. The van der Waals surface area contributed by atoms with Crippen molar-refractivity contribution < 1.29 is 19.1 Å². The van der Waals surface area contributed by atoms with E-state index < -0.39 is 5.91 Å². The lowest BCUT2D eigenvalue weighted by molar-refractivity contribution is 0.0992. The van der Waals surface area contributed by atoms with Gasteiger partial charge in [-0.25, -0.2) is 0 Å². The molecule has 0 saturated heterocycles. The Kier molecular flexibility index (Phi) is 5.27. The van der Waals surface area contributed by atoms with E-state index in [0.29, 0.717) is 17.4 Å². The highest BCUT2D eigenvalue weighted by molar-refractivity contribution is 6.03. The van der Waals surface area contributed by atoms with Gasteiger partial charge in [0.1, 0.15) is 23.9 Å². The first kappa shape index (κ1) is 17.6. The van der Waals surface area contributed by atoms with Gasteiger partial charge in [-0.1, -0.05) is 38.1 Å². The maximum Gasteiger partial charge on any atom is 0.291 e. The Hall–Kier alpha value is -3.21. The number of phenols is 1. The molecular formula is C21H21NO4. The first-order valence-electron chi connectivity index (χ1n) is 8.44. The third-order valence-corrected chi connectivity index (χ3v) is 3.97. The number of aromatic hydroxyl groups is 1. The van der Waals surface area contributed by atoms with Crippen LogP contribution in [-0.4, -0.2) is 11.0 Å². The number of amides is 1. The Balaban J connectivity index is 1.59. The SMILES string of the molecule is CC(C)c1ccc(OCc2ccc(C(=O)Nc3ccccc3O)o2)cc1. The lowest BCUT2D eigenvalue weighted by Crippen LogP contribution is -2.10. The Morgan fingerprint density at radius 2 is 1.81 bits per heavy atom. The van der Waals surface area contributed by atoms with Gasteiger partial charge in [-0.3, -0.25) is 4.79 Å². The molecule has 5 heteroatoms. The molecule has 0 unspecified atom stereocenters. The number of carbonyl (C=O) groups excluding carboxylic acids is 1. The van der Waals surface area contributed by atoms with Crippen LogP contribution in [-0.2, 0) is 6.61 Å². The second-order valence-corrected chi connectivity index (χ2v) is 6.25. The molecule has 134 valence electrons. The number of nitrogens with one attached hydrogen (secondary N) is 1.